The average Bonchev–Trinajstić information content (AvgIpc) is 2.95. The van der Waals surface area contributed by atoms with E-state index in [1.54, 1.807) is 0 Å². The van der Waals surface area contributed by atoms with Crippen LogP contribution in [0.3, 0.4) is 0 Å². The van der Waals surface area contributed by atoms with Crippen molar-refractivity contribution in [2.75, 3.05) is 18.4 Å². The Morgan fingerprint density at radius 1 is 1.41 bits per heavy atom. The number of carbonyl (C=O) groups excluding carboxylic acids is 1. The van der Waals surface area contributed by atoms with Gasteiger partial charge in [-0.3, -0.25) is 9.89 Å². The molecule has 22 heavy (non-hydrogen) atoms. The molecule has 3 rings (SSSR count). The van der Waals surface area contributed by atoms with Crippen molar-refractivity contribution >= 4 is 11.6 Å². The number of nitrogens with one attached hydrogen (secondary N) is 3. The summed E-state index contributed by atoms with van der Waals surface area (Å²) in [5.74, 6) is 1.47. The molecule has 1 aromatic heterocycles. The lowest BCUT2D eigenvalue weighted by Crippen LogP contribution is -2.46. The van der Waals surface area contributed by atoms with Gasteiger partial charge in [-0.1, -0.05) is 12.1 Å². The van der Waals surface area contributed by atoms with Gasteiger partial charge in [-0.05, 0) is 45.4 Å². The van der Waals surface area contributed by atoms with E-state index in [1.807, 2.05) is 38.1 Å². The molecule has 1 atom stereocenters. The first kappa shape index (κ1) is 14.7. The maximum Gasteiger partial charge on any atom is 0.231 e. The molecule has 0 radical (unpaired) electrons. The predicted molar refractivity (Wildman–Crippen MR) is 85.4 cm³/mol. The number of rotatable bonds is 3. The summed E-state index contributed by atoms with van der Waals surface area (Å²) in [6.45, 7) is 5.58. The number of aryl methyl sites for hydroxylation is 1. The Balaban J connectivity index is 1.76. The summed E-state index contributed by atoms with van der Waals surface area (Å²) < 4.78 is 0. The van der Waals surface area contributed by atoms with E-state index < -0.39 is 0 Å². The van der Waals surface area contributed by atoms with E-state index in [4.69, 9.17) is 0 Å². The fraction of sp³-hybridized carbons (Fsp3) is 0.438. The summed E-state index contributed by atoms with van der Waals surface area (Å²) in [6, 6.07) is 7.63. The van der Waals surface area contributed by atoms with Gasteiger partial charge in [-0.2, -0.15) is 5.10 Å². The first-order chi connectivity index (χ1) is 10.6. The number of benzene rings is 1. The molecule has 116 valence electrons. The summed E-state index contributed by atoms with van der Waals surface area (Å²) in [6.07, 6.45) is 1.94. The molecular weight excluding hydrogens is 278 g/mol. The summed E-state index contributed by atoms with van der Waals surface area (Å²) in [4.78, 5) is 16.9. The Kier molecular flexibility index (Phi) is 3.94. The highest BCUT2D eigenvalue weighted by molar-refractivity contribution is 5.95. The van der Waals surface area contributed by atoms with Crippen molar-refractivity contribution in [3.63, 3.8) is 0 Å². The van der Waals surface area contributed by atoms with Crippen LogP contribution in [0.2, 0.25) is 0 Å². The number of H-pyrrole nitrogens is 1. The van der Waals surface area contributed by atoms with Crippen molar-refractivity contribution in [3.8, 4) is 11.4 Å². The minimum Gasteiger partial charge on any atom is -0.326 e. The number of piperidine rings is 1. The fourth-order valence-electron chi connectivity index (χ4n) is 2.74. The second kappa shape index (κ2) is 5.88. The second-order valence-electron chi connectivity index (χ2n) is 6.12. The van der Waals surface area contributed by atoms with Crippen LogP contribution in [0.15, 0.2) is 24.3 Å². The van der Waals surface area contributed by atoms with Crippen molar-refractivity contribution in [1.82, 2.24) is 20.5 Å². The van der Waals surface area contributed by atoms with Gasteiger partial charge < -0.3 is 10.6 Å². The topological polar surface area (TPSA) is 82.7 Å². The smallest absolute Gasteiger partial charge is 0.231 e. The molecule has 1 fully saturated rings. The minimum atomic E-state index is -0.352. The van der Waals surface area contributed by atoms with E-state index in [-0.39, 0.29) is 11.3 Å². The van der Waals surface area contributed by atoms with Crippen molar-refractivity contribution in [3.05, 3.63) is 30.1 Å². The molecule has 1 amide bonds. The molecule has 0 bridgehead atoms. The molecule has 2 heterocycles. The Morgan fingerprint density at radius 3 is 2.95 bits per heavy atom. The zero-order chi connectivity index (χ0) is 15.6. The molecule has 2 aromatic rings. The predicted octanol–water partition coefficient (Wildman–Crippen LogP) is 2.11. The lowest BCUT2D eigenvalue weighted by Gasteiger charge is -2.32. The molecule has 1 unspecified atom stereocenters. The first-order valence-electron chi connectivity index (χ1n) is 7.58. The third kappa shape index (κ3) is 3.01. The fourth-order valence-corrected chi connectivity index (χ4v) is 2.74. The molecule has 6 heteroatoms. The summed E-state index contributed by atoms with van der Waals surface area (Å²) in [5.41, 5.74) is 1.31. The highest BCUT2D eigenvalue weighted by Gasteiger charge is 2.34. The number of anilines is 1. The zero-order valence-electron chi connectivity index (χ0n) is 12.9. The van der Waals surface area contributed by atoms with E-state index in [0.717, 1.165) is 43.0 Å². The van der Waals surface area contributed by atoms with Gasteiger partial charge in [0, 0.05) is 17.8 Å². The monoisotopic (exact) mass is 299 g/mol. The van der Waals surface area contributed by atoms with E-state index in [2.05, 4.69) is 25.8 Å². The highest BCUT2D eigenvalue weighted by atomic mass is 16.2. The summed E-state index contributed by atoms with van der Waals surface area (Å²) in [5, 5.41) is 13.3. The molecule has 0 saturated carbocycles. The van der Waals surface area contributed by atoms with Gasteiger partial charge in [0.05, 0.1) is 5.41 Å². The van der Waals surface area contributed by atoms with Crippen molar-refractivity contribution in [2.45, 2.75) is 26.7 Å². The van der Waals surface area contributed by atoms with E-state index in [0.29, 0.717) is 5.82 Å². The maximum absolute atomic E-state index is 12.6. The van der Waals surface area contributed by atoms with Crippen LogP contribution in [0, 0.1) is 12.3 Å². The van der Waals surface area contributed by atoms with E-state index in [1.165, 1.54) is 0 Å². The number of amides is 1. The SMILES string of the molecule is Cc1nc(-c2cccc(NC(=O)C3(C)CCCNC3)c2)n[nH]1. The molecule has 1 aliphatic rings. The Labute approximate surface area is 129 Å². The van der Waals surface area contributed by atoms with Gasteiger partial charge in [0.25, 0.3) is 0 Å². The number of aromatic nitrogens is 3. The normalized spacial score (nSPS) is 21.5. The first-order valence-corrected chi connectivity index (χ1v) is 7.58. The average molecular weight is 299 g/mol. The van der Waals surface area contributed by atoms with Crippen LogP contribution in [0.5, 0.6) is 0 Å². The van der Waals surface area contributed by atoms with Crippen LogP contribution >= 0.6 is 0 Å². The lowest BCUT2D eigenvalue weighted by atomic mass is 9.82. The van der Waals surface area contributed by atoms with Crippen molar-refractivity contribution in [1.29, 1.82) is 0 Å². The van der Waals surface area contributed by atoms with Crippen LogP contribution < -0.4 is 10.6 Å². The number of carbonyl (C=O) groups is 1. The third-order valence-electron chi connectivity index (χ3n) is 4.12. The van der Waals surface area contributed by atoms with Gasteiger partial charge in [0.15, 0.2) is 5.82 Å². The minimum absolute atomic E-state index is 0.0583. The highest BCUT2D eigenvalue weighted by Crippen LogP contribution is 2.28. The van der Waals surface area contributed by atoms with Gasteiger partial charge in [0.1, 0.15) is 5.82 Å². The molecule has 0 aliphatic carbocycles. The lowest BCUT2D eigenvalue weighted by molar-refractivity contribution is -0.125. The van der Waals surface area contributed by atoms with E-state index in [9.17, 15) is 4.79 Å². The molecule has 0 spiro atoms. The molecular formula is C16H21N5O. The van der Waals surface area contributed by atoms with Gasteiger partial charge >= 0.3 is 0 Å². The second-order valence-corrected chi connectivity index (χ2v) is 6.12. The van der Waals surface area contributed by atoms with Gasteiger partial charge in [-0.15, -0.1) is 0 Å². The maximum atomic E-state index is 12.6. The largest absolute Gasteiger partial charge is 0.326 e. The number of nitrogens with zero attached hydrogens (tertiary/aromatic N) is 2. The molecule has 1 saturated heterocycles. The molecule has 3 N–H and O–H groups in total. The van der Waals surface area contributed by atoms with Crippen LogP contribution in [0.25, 0.3) is 11.4 Å². The van der Waals surface area contributed by atoms with Crippen LogP contribution in [-0.2, 0) is 4.79 Å². The third-order valence-corrected chi connectivity index (χ3v) is 4.12. The standard InChI is InChI=1S/C16H21N5O/c1-11-18-14(21-20-11)12-5-3-6-13(9-12)19-15(22)16(2)7-4-8-17-10-16/h3,5-6,9,17H,4,7-8,10H2,1-2H3,(H,19,22)(H,18,20,21). The number of hydrogen-bond acceptors (Lipinski definition) is 4. The number of hydrogen-bond donors (Lipinski definition) is 3. The van der Waals surface area contributed by atoms with Gasteiger partial charge in [-0.25, -0.2) is 4.98 Å². The van der Waals surface area contributed by atoms with Crippen LogP contribution in [0.1, 0.15) is 25.6 Å². The zero-order valence-corrected chi connectivity index (χ0v) is 12.9. The summed E-state index contributed by atoms with van der Waals surface area (Å²) >= 11 is 0. The molecule has 6 nitrogen and oxygen atoms in total. The van der Waals surface area contributed by atoms with Gasteiger partial charge in [0.2, 0.25) is 5.91 Å². The molecule has 1 aliphatic heterocycles. The Hall–Kier alpha value is -2.21. The van der Waals surface area contributed by atoms with E-state index >= 15 is 0 Å². The van der Waals surface area contributed by atoms with Crippen LogP contribution in [-0.4, -0.2) is 34.2 Å². The quantitative estimate of drug-likeness (QED) is 0.810. The van der Waals surface area contributed by atoms with Crippen LogP contribution in [0.4, 0.5) is 5.69 Å². The Morgan fingerprint density at radius 2 is 2.27 bits per heavy atom. The Bertz CT molecular complexity index is 673. The van der Waals surface area contributed by atoms with Crippen molar-refractivity contribution < 1.29 is 4.79 Å². The van der Waals surface area contributed by atoms with Crippen molar-refractivity contribution in [2.24, 2.45) is 5.41 Å². The molecule has 1 aromatic carbocycles. The summed E-state index contributed by atoms with van der Waals surface area (Å²) in [7, 11) is 0. The number of aromatic amines is 1.